The zero-order chi connectivity index (χ0) is 16.8. The zero-order valence-corrected chi connectivity index (χ0v) is 14.1. The maximum Gasteiger partial charge on any atom is 0.410 e. The highest BCUT2D eigenvalue weighted by Crippen LogP contribution is 2.31. The van der Waals surface area contributed by atoms with Crippen molar-refractivity contribution in [3.05, 3.63) is 60.2 Å². The molecule has 4 heteroatoms. The van der Waals surface area contributed by atoms with Crippen LogP contribution in [0.15, 0.2) is 54.6 Å². The molecule has 1 fully saturated rings. The minimum absolute atomic E-state index is 0.101. The van der Waals surface area contributed by atoms with Gasteiger partial charge in [-0.15, -0.1) is 0 Å². The summed E-state index contributed by atoms with van der Waals surface area (Å²) in [5.74, 6) is 0.338. The van der Waals surface area contributed by atoms with Gasteiger partial charge in [0.2, 0.25) is 0 Å². The summed E-state index contributed by atoms with van der Waals surface area (Å²) in [4.78, 5) is 14.5. The fourth-order valence-electron chi connectivity index (χ4n) is 3.49. The Morgan fingerprint density at radius 1 is 1.25 bits per heavy atom. The third kappa shape index (κ3) is 4.06. The lowest BCUT2D eigenvalue weighted by atomic mass is 9.91. The number of carbonyl (C=O) groups excluding carboxylic acids is 1. The molecule has 0 N–H and O–H groups in total. The van der Waals surface area contributed by atoms with Crippen LogP contribution < -0.4 is 0 Å². The molecule has 1 saturated heterocycles. The maximum atomic E-state index is 12.6. The predicted molar refractivity (Wildman–Crippen MR) is 93.5 cm³/mol. The van der Waals surface area contributed by atoms with Crippen molar-refractivity contribution in [3.63, 3.8) is 0 Å². The molecular formula is C20H25NO3. The van der Waals surface area contributed by atoms with Gasteiger partial charge in [0.05, 0.1) is 12.6 Å². The van der Waals surface area contributed by atoms with Gasteiger partial charge in [-0.05, 0) is 25.3 Å². The number of hydrogen-bond donors (Lipinski definition) is 0. The smallest absolute Gasteiger partial charge is 0.410 e. The van der Waals surface area contributed by atoms with E-state index in [-0.39, 0.29) is 18.2 Å². The van der Waals surface area contributed by atoms with E-state index in [9.17, 15) is 4.79 Å². The number of amides is 1. The van der Waals surface area contributed by atoms with E-state index in [4.69, 9.17) is 9.47 Å². The number of benzene rings is 1. The van der Waals surface area contributed by atoms with Crippen LogP contribution in [0, 0.1) is 5.92 Å². The lowest BCUT2D eigenvalue weighted by Crippen LogP contribution is -2.40. The van der Waals surface area contributed by atoms with Crippen LogP contribution in [0.4, 0.5) is 4.79 Å². The highest BCUT2D eigenvalue weighted by atomic mass is 16.6. The molecule has 0 radical (unpaired) electrons. The Balaban J connectivity index is 1.64. The second-order valence-electron chi connectivity index (χ2n) is 6.29. The average Bonchev–Trinajstić information content (AvgIpc) is 3.06. The van der Waals surface area contributed by atoms with Crippen molar-refractivity contribution in [2.24, 2.45) is 5.92 Å². The highest BCUT2D eigenvalue weighted by molar-refractivity contribution is 5.68. The van der Waals surface area contributed by atoms with E-state index >= 15 is 0 Å². The first kappa shape index (κ1) is 16.8. The third-order valence-corrected chi connectivity index (χ3v) is 4.66. The summed E-state index contributed by atoms with van der Waals surface area (Å²) in [7, 11) is 0. The first-order valence-electron chi connectivity index (χ1n) is 8.70. The molecule has 1 aliphatic heterocycles. The van der Waals surface area contributed by atoms with Crippen molar-refractivity contribution in [2.75, 3.05) is 13.2 Å². The van der Waals surface area contributed by atoms with Gasteiger partial charge in [0.25, 0.3) is 0 Å². The minimum atomic E-state index is -0.242. The van der Waals surface area contributed by atoms with Gasteiger partial charge >= 0.3 is 6.09 Å². The summed E-state index contributed by atoms with van der Waals surface area (Å²) in [5, 5.41) is 0. The van der Waals surface area contributed by atoms with Crippen molar-refractivity contribution in [2.45, 2.75) is 38.5 Å². The van der Waals surface area contributed by atoms with Crippen LogP contribution in [0.1, 0.15) is 25.3 Å². The molecule has 1 amide bonds. The first-order chi connectivity index (χ1) is 11.8. The Labute approximate surface area is 143 Å². The van der Waals surface area contributed by atoms with Gasteiger partial charge in [0, 0.05) is 18.6 Å². The topological polar surface area (TPSA) is 38.8 Å². The Morgan fingerprint density at radius 3 is 2.79 bits per heavy atom. The SMILES string of the molecule is CCO[C@@H]1C[C@@H](C2C=CC=CC2)N(C(=O)OCc2ccccc2)C1. The molecule has 0 saturated carbocycles. The van der Waals surface area contributed by atoms with Crippen LogP contribution in [-0.4, -0.2) is 36.3 Å². The van der Waals surface area contributed by atoms with Gasteiger partial charge in [0.15, 0.2) is 0 Å². The molecule has 3 atom stereocenters. The second-order valence-corrected chi connectivity index (χ2v) is 6.29. The summed E-state index contributed by atoms with van der Waals surface area (Å²) in [6, 6.07) is 9.93. The van der Waals surface area contributed by atoms with E-state index < -0.39 is 0 Å². The standard InChI is InChI=1S/C20H25NO3/c1-2-23-18-13-19(17-11-7-4-8-12-17)21(14-18)20(22)24-15-16-9-5-3-6-10-16/h3-11,17-19H,2,12-15H2,1H3/t17?,18-,19+/m1/s1. The molecule has 4 nitrogen and oxygen atoms in total. The van der Waals surface area contributed by atoms with Gasteiger partial charge in [-0.25, -0.2) is 4.79 Å². The van der Waals surface area contributed by atoms with Crippen LogP contribution in [0.5, 0.6) is 0 Å². The summed E-state index contributed by atoms with van der Waals surface area (Å²) in [5.41, 5.74) is 1.00. The Bertz CT molecular complexity index is 596. The molecular weight excluding hydrogens is 302 g/mol. The third-order valence-electron chi connectivity index (χ3n) is 4.66. The maximum absolute atomic E-state index is 12.6. The monoisotopic (exact) mass is 327 g/mol. The molecule has 128 valence electrons. The van der Waals surface area contributed by atoms with Crippen LogP contribution in [0.3, 0.4) is 0 Å². The zero-order valence-electron chi connectivity index (χ0n) is 14.1. The van der Waals surface area contributed by atoms with Crippen LogP contribution in [0.2, 0.25) is 0 Å². The molecule has 2 aliphatic rings. The van der Waals surface area contributed by atoms with E-state index in [1.807, 2.05) is 42.2 Å². The predicted octanol–water partition coefficient (Wildman–Crippen LogP) is 3.93. The number of ether oxygens (including phenoxy) is 2. The molecule has 1 heterocycles. The molecule has 1 unspecified atom stereocenters. The van der Waals surface area contributed by atoms with Crippen molar-refractivity contribution in [3.8, 4) is 0 Å². The highest BCUT2D eigenvalue weighted by Gasteiger charge is 2.40. The number of rotatable bonds is 5. The molecule has 1 aromatic carbocycles. The molecule has 1 aromatic rings. The summed E-state index contributed by atoms with van der Waals surface area (Å²) in [6.45, 7) is 3.59. The van der Waals surface area contributed by atoms with Gasteiger partial charge < -0.3 is 14.4 Å². The Kier molecular flexibility index (Phi) is 5.70. The van der Waals surface area contributed by atoms with E-state index in [0.29, 0.717) is 25.7 Å². The number of nitrogens with zero attached hydrogens (tertiary/aromatic N) is 1. The number of hydrogen-bond acceptors (Lipinski definition) is 3. The Morgan fingerprint density at radius 2 is 2.08 bits per heavy atom. The lowest BCUT2D eigenvalue weighted by Gasteiger charge is -2.29. The van der Waals surface area contributed by atoms with E-state index in [1.165, 1.54) is 0 Å². The van der Waals surface area contributed by atoms with Gasteiger partial charge in [-0.3, -0.25) is 0 Å². The van der Waals surface area contributed by atoms with E-state index in [0.717, 1.165) is 18.4 Å². The average molecular weight is 327 g/mol. The fourth-order valence-corrected chi connectivity index (χ4v) is 3.49. The number of likely N-dealkylation sites (tertiary alicyclic amines) is 1. The first-order valence-corrected chi connectivity index (χ1v) is 8.70. The fraction of sp³-hybridized carbons (Fsp3) is 0.450. The summed E-state index contributed by atoms with van der Waals surface area (Å²) >= 11 is 0. The van der Waals surface area contributed by atoms with E-state index in [2.05, 4.69) is 24.3 Å². The summed E-state index contributed by atoms with van der Waals surface area (Å²) < 4.78 is 11.3. The molecule has 1 aliphatic carbocycles. The van der Waals surface area contributed by atoms with Gasteiger partial charge in [-0.2, -0.15) is 0 Å². The van der Waals surface area contributed by atoms with Crippen molar-refractivity contribution in [1.82, 2.24) is 4.90 Å². The molecule has 3 rings (SSSR count). The second kappa shape index (κ2) is 8.15. The van der Waals surface area contributed by atoms with Crippen LogP contribution >= 0.6 is 0 Å². The van der Waals surface area contributed by atoms with Crippen molar-refractivity contribution >= 4 is 6.09 Å². The number of carbonyl (C=O) groups is 1. The Hall–Kier alpha value is -2.07. The minimum Gasteiger partial charge on any atom is -0.445 e. The number of allylic oxidation sites excluding steroid dienone is 3. The quantitative estimate of drug-likeness (QED) is 0.822. The molecule has 0 bridgehead atoms. The van der Waals surface area contributed by atoms with Crippen molar-refractivity contribution in [1.29, 1.82) is 0 Å². The largest absolute Gasteiger partial charge is 0.445 e. The molecule has 0 aromatic heterocycles. The lowest BCUT2D eigenvalue weighted by molar-refractivity contribution is 0.0606. The summed E-state index contributed by atoms with van der Waals surface area (Å²) in [6.07, 6.45) is 10.2. The normalized spacial score (nSPS) is 25.9. The van der Waals surface area contributed by atoms with Crippen molar-refractivity contribution < 1.29 is 14.3 Å². The molecule has 0 spiro atoms. The van der Waals surface area contributed by atoms with Crippen LogP contribution in [0.25, 0.3) is 0 Å². The van der Waals surface area contributed by atoms with Gasteiger partial charge in [-0.1, -0.05) is 54.6 Å². The van der Waals surface area contributed by atoms with Gasteiger partial charge in [0.1, 0.15) is 6.61 Å². The van der Waals surface area contributed by atoms with Crippen LogP contribution in [-0.2, 0) is 16.1 Å². The molecule has 24 heavy (non-hydrogen) atoms. The van der Waals surface area contributed by atoms with E-state index in [1.54, 1.807) is 0 Å².